The molecule has 3 aromatic rings. The third-order valence-electron chi connectivity index (χ3n) is 4.65. The van der Waals surface area contributed by atoms with Gasteiger partial charge in [-0.05, 0) is 46.8 Å². The molecule has 0 bridgehead atoms. The molecule has 9 heteroatoms. The molecule has 2 heterocycles. The van der Waals surface area contributed by atoms with Crippen LogP contribution in [0.2, 0.25) is 5.02 Å². The van der Waals surface area contributed by atoms with E-state index in [9.17, 15) is 4.79 Å². The van der Waals surface area contributed by atoms with Crippen LogP contribution in [-0.4, -0.2) is 62.2 Å². The molecule has 0 radical (unpaired) electrons. The van der Waals surface area contributed by atoms with E-state index in [2.05, 4.69) is 25.7 Å². The van der Waals surface area contributed by atoms with Crippen LogP contribution in [0, 0.1) is 0 Å². The molecule has 8 nitrogen and oxygen atoms in total. The van der Waals surface area contributed by atoms with Crippen LogP contribution in [0.3, 0.4) is 0 Å². The number of halogens is 1. The summed E-state index contributed by atoms with van der Waals surface area (Å²) in [7, 11) is 0. The summed E-state index contributed by atoms with van der Waals surface area (Å²) in [4.78, 5) is 16.5. The second-order valence-electron chi connectivity index (χ2n) is 6.54. The molecule has 1 aromatic heterocycles. The summed E-state index contributed by atoms with van der Waals surface area (Å²) in [5.41, 5.74) is 1.67. The average Bonchev–Trinajstić information content (AvgIpc) is 3.19. The standard InChI is InChI=1S/C19H20ClN7O/c20-15-6-8-16(9-7-15)21-19(28)26-12-10-25(11-13-26)14-18-22-23-24-27(18)17-4-2-1-3-5-17/h1-9H,10-14H2,(H,21,28). The number of tetrazole rings is 1. The van der Waals surface area contributed by atoms with Crippen LogP contribution in [-0.2, 0) is 6.54 Å². The van der Waals surface area contributed by atoms with Crippen LogP contribution >= 0.6 is 11.6 Å². The highest BCUT2D eigenvalue weighted by Gasteiger charge is 2.23. The molecule has 4 rings (SSSR count). The molecule has 2 aromatic carbocycles. The number of hydrogen-bond acceptors (Lipinski definition) is 5. The summed E-state index contributed by atoms with van der Waals surface area (Å²) >= 11 is 5.88. The van der Waals surface area contributed by atoms with E-state index < -0.39 is 0 Å². The highest BCUT2D eigenvalue weighted by Crippen LogP contribution is 2.15. The number of anilines is 1. The summed E-state index contributed by atoms with van der Waals surface area (Å²) in [5, 5.41) is 15.6. The van der Waals surface area contributed by atoms with Gasteiger partial charge in [-0.15, -0.1) is 5.10 Å². The number of nitrogens with one attached hydrogen (secondary N) is 1. The maximum absolute atomic E-state index is 12.4. The monoisotopic (exact) mass is 397 g/mol. The third kappa shape index (κ3) is 4.29. The Morgan fingerprint density at radius 2 is 1.71 bits per heavy atom. The zero-order valence-electron chi connectivity index (χ0n) is 15.2. The number of aromatic nitrogens is 4. The number of urea groups is 1. The Hall–Kier alpha value is -2.97. The van der Waals surface area contributed by atoms with Crippen molar-refractivity contribution in [3.63, 3.8) is 0 Å². The lowest BCUT2D eigenvalue weighted by molar-refractivity contribution is 0.140. The minimum Gasteiger partial charge on any atom is -0.322 e. The summed E-state index contributed by atoms with van der Waals surface area (Å²) < 4.78 is 1.75. The summed E-state index contributed by atoms with van der Waals surface area (Å²) in [5.74, 6) is 0.783. The smallest absolute Gasteiger partial charge is 0.321 e. The van der Waals surface area contributed by atoms with Gasteiger partial charge in [0.1, 0.15) is 0 Å². The topological polar surface area (TPSA) is 79.2 Å². The molecule has 1 saturated heterocycles. The van der Waals surface area contributed by atoms with Gasteiger partial charge in [0.05, 0.1) is 12.2 Å². The predicted octanol–water partition coefficient (Wildman–Crippen LogP) is 2.67. The first-order valence-electron chi connectivity index (χ1n) is 9.05. The number of hydrogen-bond donors (Lipinski definition) is 1. The molecular formula is C19H20ClN7O. The molecule has 1 fully saturated rings. The molecule has 0 atom stereocenters. The zero-order chi connectivity index (χ0) is 19.3. The molecule has 1 aliphatic rings. The lowest BCUT2D eigenvalue weighted by Crippen LogP contribution is -2.49. The Morgan fingerprint density at radius 3 is 2.43 bits per heavy atom. The first-order chi connectivity index (χ1) is 13.7. The molecule has 1 aliphatic heterocycles. The van der Waals surface area contributed by atoms with E-state index in [4.69, 9.17) is 11.6 Å². The van der Waals surface area contributed by atoms with Gasteiger partial charge in [-0.3, -0.25) is 4.90 Å². The van der Waals surface area contributed by atoms with Gasteiger partial charge in [0.25, 0.3) is 0 Å². The molecule has 144 valence electrons. The number of para-hydroxylation sites is 1. The Labute approximate surface area is 167 Å². The Morgan fingerprint density at radius 1 is 1.00 bits per heavy atom. The van der Waals surface area contributed by atoms with E-state index >= 15 is 0 Å². The van der Waals surface area contributed by atoms with Crippen molar-refractivity contribution in [3.8, 4) is 5.69 Å². The van der Waals surface area contributed by atoms with Gasteiger partial charge < -0.3 is 10.2 Å². The maximum Gasteiger partial charge on any atom is 0.321 e. The predicted molar refractivity (Wildman–Crippen MR) is 106 cm³/mol. The molecular weight excluding hydrogens is 378 g/mol. The van der Waals surface area contributed by atoms with E-state index in [1.165, 1.54) is 0 Å². The summed E-state index contributed by atoms with van der Waals surface area (Å²) in [6.07, 6.45) is 0. The van der Waals surface area contributed by atoms with E-state index in [1.54, 1.807) is 28.9 Å². The van der Waals surface area contributed by atoms with Crippen LogP contribution in [0.1, 0.15) is 5.82 Å². The molecule has 2 amide bonds. The fourth-order valence-corrected chi connectivity index (χ4v) is 3.24. The van der Waals surface area contributed by atoms with Crippen LogP contribution in [0.5, 0.6) is 0 Å². The van der Waals surface area contributed by atoms with Gasteiger partial charge in [-0.25, -0.2) is 4.79 Å². The molecule has 1 N–H and O–H groups in total. The van der Waals surface area contributed by atoms with Gasteiger partial charge in [0, 0.05) is 36.9 Å². The molecule has 28 heavy (non-hydrogen) atoms. The minimum absolute atomic E-state index is 0.101. The van der Waals surface area contributed by atoms with Crippen molar-refractivity contribution >= 4 is 23.3 Å². The molecule has 0 unspecified atom stereocenters. The van der Waals surface area contributed by atoms with Gasteiger partial charge >= 0.3 is 6.03 Å². The Bertz CT molecular complexity index is 921. The van der Waals surface area contributed by atoms with Gasteiger partial charge in [0.2, 0.25) is 0 Å². The Balaban J connectivity index is 1.32. The number of rotatable bonds is 4. The number of amides is 2. The quantitative estimate of drug-likeness (QED) is 0.732. The first-order valence-corrected chi connectivity index (χ1v) is 9.43. The van der Waals surface area contributed by atoms with Crippen LogP contribution in [0.4, 0.5) is 10.5 Å². The largest absolute Gasteiger partial charge is 0.322 e. The highest BCUT2D eigenvalue weighted by molar-refractivity contribution is 6.30. The lowest BCUT2D eigenvalue weighted by Gasteiger charge is -2.34. The van der Waals surface area contributed by atoms with Crippen molar-refractivity contribution in [1.82, 2.24) is 30.0 Å². The van der Waals surface area contributed by atoms with Gasteiger partial charge in [-0.1, -0.05) is 29.8 Å². The normalized spacial score (nSPS) is 14.8. The van der Waals surface area contributed by atoms with Crippen molar-refractivity contribution in [3.05, 3.63) is 65.4 Å². The fourth-order valence-electron chi connectivity index (χ4n) is 3.12. The number of nitrogens with zero attached hydrogens (tertiary/aromatic N) is 6. The van der Waals surface area contributed by atoms with E-state index in [0.717, 1.165) is 30.3 Å². The second kappa shape index (κ2) is 8.37. The summed E-state index contributed by atoms with van der Waals surface area (Å²) in [6, 6.07) is 16.8. The van der Waals surface area contributed by atoms with Crippen LogP contribution < -0.4 is 5.32 Å². The van der Waals surface area contributed by atoms with Crippen molar-refractivity contribution in [2.24, 2.45) is 0 Å². The van der Waals surface area contributed by atoms with Crippen molar-refractivity contribution in [2.75, 3.05) is 31.5 Å². The number of benzene rings is 2. The van der Waals surface area contributed by atoms with E-state index in [0.29, 0.717) is 24.7 Å². The highest BCUT2D eigenvalue weighted by atomic mass is 35.5. The van der Waals surface area contributed by atoms with Crippen molar-refractivity contribution in [2.45, 2.75) is 6.54 Å². The van der Waals surface area contributed by atoms with Crippen molar-refractivity contribution < 1.29 is 4.79 Å². The molecule has 0 spiro atoms. The summed E-state index contributed by atoms with van der Waals surface area (Å²) in [6.45, 7) is 3.44. The SMILES string of the molecule is O=C(Nc1ccc(Cl)cc1)N1CCN(Cc2nnnn2-c2ccccc2)CC1. The van der Waals surface area contributed by atoms with Crippen LogP contribution in [0.25, 0.3) is 5.69 Å². The number of carbonyl (C=O) groups is 1. The molecule has 0 saturated carbocycles. The van der Waals surface area contributed by atoms with Gasteiger partial charge in [-0.2, -0.15) is 4.68 Å². The zero-order valence-corrected chi connectivity index (χ0v) is 16.0. The number of carbonyl (C=O) groups excluding carboxylic acids is 1. The lowest BCUT2D eigenvalue weighted by atomic mass is 10.3. The van der Waals surface area contributed by atoms with Gasteiger partial charge in [0.15, 0.2) is 5.82 Å². The number of piperazine rings is 1. The van der Waals surface area contributed by atoms with Crippen molar-refractivity contribution in [1.29, 1.82) is 0 Å². The van der Waals surface area contributed by atoms with Crippen LogP contribution in [0.15, 0.2) is 54.6 Å². The second-order valence-corrected chi connectivity index (χ2v) is 6.98. The first kappa shape index (κ1) is 18.4. The third-order valence-corrected chi connectivity index (χ3v) is 4.91. The minimum atomic E-state index is -0.101. The molecule has 0 aliphatic carbocycles. The Kier molecular flexibility index (Phi) is 5.50. The van der Waals surface area contributed by atoms with E-state index in [-0.39, 0.29) is 6.03 Å². The average molecular weight is 398 g/mol. The fraction of sp³-hybridized carbons (Fsp3) is 0.263. The van der Waals surface area contributed by atoms with E-state index in [1.807, 2.05) is 35.2 Å². The maximum atomic E-state index is 12.4.